The van der Waals surface area contributed by atoms with Crippen LogP contribution >= 0.6 is 11.3 Å². The summed E-state index contributed by atoms with van der Waals surface area (Å²) >= 11 is 1.44. The number of hydrogen-bond acceptors (Lipinski definition) is 5. The maximum absolute atomic E-state index is 14.1. The van der Waals surface area contributed by atoms with Crippen LogP contribution in [0, 0.1) is 12.0 Å². The number of anilines is 1. The summed E-state index contributed by atoms with van der Waals surface area (Å²) in [4.78, 5) is 27.4. The summed E-state index contributed by atoms with van der Waals surface area (Å²) < 4.78 is 5.15. The summed E-state index contributed by atoms with van der Waals surface area (Å²) in [5.41, 5.74) is 6.66. The molecule has 2 heterocycles. The van der Waals surface area contributed by atoms with E-state index in [1.54, 1.807) is 13.3 Å². The molecule has 206 valence electrons. The summed E-state index contributed by atoms with van der Waals surface area (Å²) in [6.07, 6.45) is 2.90. The molecule has 2 aromatic heterocycles. The van der Waals surface area contributed by atoms with Gasteiger partial charge >= 0.3 is 0 Å². The van der Waals surface area contributed by atoms with E-state index in [1.165, 1.54) is 11.3 Å². The molecule has 0 saturated heterocycles. The predicted molar refractivity (Wildman–Crippen MR) is 165 cm³/mol. The number of hydrogen-bond donors (Lipinski definition) is 1. The van der Waals surface area contributed by atoms with Gasteiger partial charge in [0.25, 0.3) is 5.54 Å². The molecule has 1 unspecified atom stereocenters. The molecule has 0 fully saturated rings. The highest BCUT2D eigenvalue weighted by molar-refractivity contribution is 7.13. The zero-order chi connectivity index (χ0) is 28.9. The van der Waals surface area contributed by atoms with Crippen molar-refractivity contribution in [3.63, 3.8) is 0 Å². The maximum atomic E-state index is 14.1. The smallest absolute Gasteiger partial charge is 0.284 e. The number of carbonyl (C=O) groups is 1. The van der Waals surface area contributed by atoms with Crippen molar-refractivity contribution in [2.24, 2.45) is 5.41 Å². The number of methoxy groups -OCH3 is 1. The number of nitrogens with one attached hydrogen (secondary N) is 1. The van der Waals surface area contributed by atoms with Gasteiger partial charge in [-0.15, -0.1) is 11.3 Å². The minimum Gasteiger partial charge on any atom is -0.481 e. The molecule has 3 aliphatic rings. The van der Waals surface area contributed by atoms with Crippen molar-refractivity contribution in [2.75, 3.05) is 12.4 Å². The van der Waals surface area contributed by atoms with Gasteiger partial charge in [-0.05, 0) is 35.2 Å². The number of amides is 1. The van der Waals surface area contributed by atoms with Crippen LogP contribution in [0.1, 0.15) is 52.8 Å². The number of benzene rings is 3. The Bertz CT molecular complexity index is 1810. The van der Waals surface area contributed by atoms with Gasteiger partial charge in [-0.3, -0.25) is 9.64 Å². The third-order valence-corrected chi connectivity index (χ3v) is 9.60. The molecule has 0 saturated carbocycles. The highest BCUT2D eigenvalue weighted by Crippen LogP contribution is 2.64. The van der Waals surface area contributed by atoms with Crippen LogP contribution in [0.4, 0.5) is 5.13 Å². The van der Waals surface area contributed by atoms with Crippen molar-refractivity contribution in [3.8, 4) is 17.0 Å². The number of pyridine rings is 1. The fourth-order valence-corrected chi connectivity index (χ4v) is 7.53. The molecule has 0 aliphatic heterocycles. The van der Waals surface area contributed by atoms with Gasteiger partial charge in [-0.2, -0.15) is 0 Å². The van der Waals surface area contributed by atoms with E-state index < -0.39 is 11.0 Å². The van der Waals surface area contributed by atoms with Crippen molar-refractivity contribution in [3.05, 3.63) is 141 Å². The van der Waals surface area contributed by atoms with Crippen LogP contribution in [0.3, 0.4) is 0 Å². The first-order valence-corrected chi connectivity index (χ1v) is 14.8. The van der Waals surface area contributed by atoms with Crippen LogP contribution in [-0.4, -0.2) is 23.0 Å². The largest absolute Gasteiger partial charge is 0.481 e. The quantitative estimate of drug-likeness (QED) is 0.216. The SMILES string of the molecule is [C-]#[N+]C12CC(C)(C(=O)Nc3nc(Cc4ccc(-c5ccc(OC)nc5)cc4)cs3)C(c3ccccc31)c1ccccc12. The Morgan fingerprint density at radius 3 is 2.29 bits per heavy atom. The Morgan fingerprint density at radius 2 is 1.67 bits per heavy atom. The van der Waals surface area contributed by atoms with E-state index in [-0.39, 0.29) is 11.8 Å². The minimum atomic E-state index is -0.879. The first kappa shape index (κ1) is 26.1. The zero-order valence-electron chi connectivity index (χ0n) is 23.3. The summed E-state index contributed by atoms with van der Waals surface area (Å²) in [7, 11) is 1.61. The third-order valence-electron chi connectivity index (χ3n) is 8.79. The topological polar surface area (TPSA) is 68.5 Å². The Kier molecular flexibility index (Phi) is 6.18. The molecule has 0 spiro atoms. The Balaban J connectivity index is 1.11. The van der Waals surface area contributed by atoms with Crippen molar-refractivity contribution in [2.45, 2.75) is 31.2 Å². The fraction of sp³-hybridized carbons (Fsp3) is 0.200. The number of carbonyl (C=O) groups excluding carboxylic acids is 1. The minimum absolute atomic E-state index is 0.0946. The number of aromatic nitrogens is 2. The lowest BCUT2D eigenvalue weighted by atomic mass is 9.49. The van der Waals surface area contributed by atoms with Gasteiger partial charge in [-0.25, -0.2) is 16.5 Å². The number of fused-ring (bicyclic) bond motifs is 1. The summed E-state index contributed by atoms with van der Waals surface area (Å²) in [6.45, 7) is 10.3. The number of thiazole rings is 1. The van der Waals surface area contributed by atoms with E-state index in [9.17, 15) is 4.79 Å². The maximum Gasteiger partial charge on any atom is 0.284 e. The van der Waals surface area contributed by atoms with Gasteiger partial charge in [0.15, 0.2) is 5.13 Å². The summed E-state index contributed by atoms with van der Waals surface area (Å²) in [6, 6.07) is 28.5. The molecule has 3 aliphatic carbocycles. The molecule has 6 nitrogen and oxygen atoms in total. The van der Waals surface area contributed by atoms with Gasteiger partial charge in [0.2, 0.25) is 11.8 Å². The number of rotatable bonds is 6. The standard InChI is InChI=1S/C35H28N4O2S/c1-34(21-35(36-2)28-10-6-4-8-26(28)31(34)27-9-5-7-11-29(27)35)32(40)39-33-38-25(20-42-33)18-22-12-14-23(15-13-22)24-16-17-30(41-3)37-19-24/h4-17,19-20,31H,18,21H2,1,3H3,(H,38,39,40). The molecule has 1 atom stereocenters. The number of nitrogens with zero attached hydrogens (tertiary/aromatic N) is 3. The average molecular weight is 569 g/mol. The highest BCUT2D eigenvalue weighted by atomic mass is 32.1. The molecule has 1 amide bonds. The second kappa shape index (κ2) is 9.93. The predicted octanol–water partition coefficient (Wildman–Crippen LogP) is 7.46. The van der Waals surface area contributed by atoms with Gasteiger partial charge in [0.05, 0.1) is 18.2 Å². The van der Waals surface area contributed by atoms with Crippen LogP contribution in [0.5, 0.6) is 5.88 Å². The number of ether oxygens (including phenoxy) is 1. The van der Waals surface area contributed by atoms with Crippen molar-refractivity contribution >= 4 is 22.4 Å². The average Bonchev–Trinajstić information content (AvgIpc) is 3.48. The van der Waals surface area contributed by atoms with Gasteiger partial charge < -0.3 is 10.1 Å². The van der Waals surface area contributed by atoms with E-state index >= 15 is 0 Å². The van der Waals surface area contributed by atoms with Gasteiger partial charge in [0, 0.05) is 53.1 Å². The lowest BCUT2D eigenvalue weighted by Crippen LogP contribution is -2.53. The molecule has 5 aromatic rings. The van der Waals surface area contributed by atoms with Crippen LogP contribution < -0.4 is 10.1 Å². The zero-order valence-corrected chi connectivity index (χ0v) is 24.1. The lowest BCUT2D eigenvalue weighted by Gasteiger charge is -2.51. The monoisotopic (exact) mass is 568 g/mol. The van der Waals surface area contributed by atoms with E-state index in [2.05, 4.69) is 63.7 Å². The fourth-order valence-electron chi connectivity index (χ4n) is 6.83. The first-order valence-electron chi connectivity index (χ1n) is 13.9. The third kappa shape index (κ3) is 4.02. The van der Waals surface area contributed by atoms with E-state index in [1.807, 2.05) is 48.7 Å². The second-order valence-electron chi connectivity index (χ2n) is 11.2. The van der Waals surface area contributed by atoms with Crippen molar-refractivity contribution in [1.82, 2.24) is 9.97 Å². The van der Waals surface area contributed by atoms with Crippen LogP contribution in [0.15, 0.2) is 96.5 Å². The summed E-state index contributed by atoms with van der Waals surface area (Å²) in [5, 5.41) is 5.71. The van der Waals surface area contributed by atoms with Gasteiger partial charge in [0.1, 0.15) is 0 Å². The molecule has 42 heavy (non-hydrogen) atoms. The van der Waals surface area contributed by atoms with E-state index in [4.69, 9.17) is 16.3 Å². The van der Waals surface area contributed by atoms with Crippen LogP contribution in [-0.2, 0) is 16.8 Å². The normalized spacial score (nSPS) is 21.6. The lowest BCUT2D eigenvalue weighted by molar-refractivity contribution is -0.127. The molecule has 7 heteroatoms. The highest BCUT2D eigenvalue weighted by Gasteiger charge is 2.64. The molecular weight excluding hydrogens is 540 g/mol. The Morgan fingerprint density at radius 1 is 1.00 bits per heavy atom. The van der Waals surface area contributed by atoms with Gasteiger partial charge in [-0.1, -0.05) is 72.8 Å². The Hall–Kier alpha value is -4.80. The molecule has 2 bridgehead atoms. The van der Waals surface area contributed by atoms with Crippen molar-refractivity contribution in [1.29, 1.82) is 0 Å². The molecule has 8 rings (SSSR count). The van der Waals surface area contributed by atoms with Crippen LogP contribution in [0.2, 0.25) is 0 Å². The molecular formula is C35H28N4O2S. The Labute approximate surface area is 248 Å². The molecule has 1 N–H and O–H groups in total. The first-order chi connectivity index (χ1) is 20.4. The van der Waals surface area contributed by atoms with E-state index in [0.717, 1.165) is 44.6 Å². The molecule has 3 aromatic carbocycles. The molecule has 0 radical (unpaired) electrons. The van der Waals surface area contributed by atoms with E-state index in [0.29, 0.717) is 23.9 Å². The van der Waals surface area contributed by atoms with Crippen molar-refractivity contribution < 1.29 is 9.53 Å². The summed E-state index contributed by atoms with van der Waals surface area (Å²) in [5.74, 6) is 0.363. The second-order valence-corrected chi connectivity index (χ2v) is 12.1. The van der Waals surface area contributed by atoms with Crippen LogP contribution in [0.25, 0.3) is 16.0 Å².